The lowest BCUT2D eigenvalue weighted by Gasteiger charge is -2.11. The normalized spacial score (nSPS) is 27.8. The molecule has 2 atom stereocenters. The Balaban J connectivity index is 2.13. The second kappa shape index (κ2) is 3.51. The molecular formula is C12H16O. The van der Waals surface area contributed by atoms with Gasteiger partial charge in [-0.15, -0.1) is 0 Å². The minimum atomic E-state index is 0.343. The van der Waals surface area contributed by atoms with E-state index in [0.29, 0.717) is 12.2 Å². The summed E-state index contributed by atoms with van der Waals surface area (Å²) in [5.41, 5.74) is 2.64. The molecule has 1 heteroatoms. The molecule has 2 rings (SSSR count). The molecule has 0 bridgehead atoms. The third kappa shape index (κ3) is 1.92. The van der Waals surface area contributed by atoms with Crippen molar-refractivity contribution in [1.82, 2.24) is 0 Å². The Labute approximate surface area is 79.7 Å². The van der Waals surface area contributed by atoms with E-state index in [9.17, 15) is 0 Å². The van der Waals surface area contributed by atoms with E-state index < -0.39 is 0 Å². The maximum Gasteiger partial charge on any atom is 0.0829 e. The van der Waals surface area contributed by atoms with Crippen molar-refractivity contribution in [2.45, 2.75) is 38.9 Å². The van der Waals surface area contributed by atoms with Gasteiger partial charge in [-0.3, -0.25) is 0 Å². The molecule has 1 aromatic carbocycles. The van der Waals surface area contributed by atoms with Gasteiger partial charge in [0.25, 0.3) is 0 Å². The van der Waals surface area contributed by atoms with E-state index in [1.54, 1.807) is 0 Å². The van der Waals surface area contributed by atoms with Gasteiger partial charge in [-0.25, -0.2) is 0 Å². The molecule has 70 valence electrons. The molecule has 1 nitrogen and oxygen atoms in total. The zero-order valence-corrected chi connectivity index (χ0v) is 8.29. The predicted molar refractivity (Wildman–Crippen MR) is 53.7 cm³/mol. The van der Waals surface area contributed by atoms with Crippen molar-refractivity contribution in [3.05, 3.63) is 35.4 Å². The zero-order valence-electron chi connectivity index (χ0n) is 8.29. The maximum atomic E-state index is 5.79. The first kappa shape index (κ1) is 8.76. The van der Waals surface area contributed by atoms with Crippen LogP contribution in [-0.4, -0.2) is 6.10 Å². The average Bonchev–Trinajstić information content (AvgIpc) is 2.53. The Kier molecular flexibility index (Phi) is 2.36. The first-order valence-electron chi connectivity index (χ1n) is 4.98. The predicted octanol–water partition coefficient (Wildman–Crippen LogP) is 3.24. The van der Waals surface area contributed by atoms with Crippen LogP contribution in [0.15, 0.2) is 24.3 Å². The molecule has 1 heterocycles. The maximum absolute atomic E-state index is 5.79. The van der Waals surface area contributed by atoms with Crippen molar-refractivity contribution in [3.8, 4) is 0 Å². The zero-order chi connectivity index (χ0) is 9.26. The van der Waals surface area contributed by atoms with Crippen LogP contribution in [0.25, 0.3) is 0 Å². The summed E-state index contributed by atoms with van der Waals surface area (Å²) in [6.45, 7) is 4.26. The highest BCUT2D eigenvalue weighted by Crippen LogP contribution is 2.32. The molecule has 0 unspecified atom stereocenters. The van der Waals surface area contributed by atoms with E-state index in [2.05, 4.69) is 38.1 Å². The van der Waals surface area contributed by atoms with Gasteiger partial charge in [0.2, 0.25) is 0 Å². The minimum absolute atomic E-state index is 0.343. The van der Waals surface area contributed by atoms with E-state index in [1.165, 1.54) is 24.0 Å². The Hall–Kier alpha value is -0.820. The second-order valence-electron chi connectivity index (χ2n) is 3.92. The molecule has 0 aromatic heterocycles. The van der Waals surface area contributed by atoms with Crippen LogP contribution in [-0.2, 0) is 4.74 Å². The Morgan fingerprint density at radius 1 is 1.15 bits per heavy atom. The molecule has 1 fully saturated rings. The van der Waals surface area contributed by atoms with Gasteiger partial charge in [-0.2, -0.15) is 0 Å². The third-order valence-electron chi connectivity index (χ3n) is 2.68. The first-order chi connectivity index (χ1) is 6.25. The van der Waals surface area contributed by atoms with E-state index in [1.807, 2.05) is 0 Å². The van der Waals surface area contributed by atoms with Crippen molar-refractivity contribution in [2.75, 3.05) is 0 Å². The van der Waals surface area contributed by atoms with E-state index >= 15 is 0 Å². The van der Waals surface area contributed by atoms with Crippen LogP contribution in [0.3, 0.4) is 0 Å². The summed E-state index contributed by atoms with van der Waals surface area (Å²) in [6.07, 6.45) is 3.14. The van der Waals surface area contributed by atoms with Gasteiger partial charge >= 0.3 is 0 Å². The van der Waals surface area contributed by atoms with Crippen LogP contribution in [0.2, 0.25) is 0 Å². The van der Waals surface area contributed by atoms with Crippen LogP contribution < -0.4 is 0 Å². The highest BCUT2D eigenvalue weighted by atomic mass is 16.5. The van der Waals surface area contributed by atoms with Crippen LogP contribution in [0.5, 0.6) is 0 Å². The average molecular weight is 176 g/mol. The fraction of sp³-hybridized carbons (Fsp3) is 0.500. The number of benzene rings is 1. The van der Waals surface area contributed by atoms with Gasteiger partial charge in [-0.05, 0) is 32.3 Å². The van der Waals surface area contributed by atoms with E-state index in [4.69, 9.17) is 4.74 Å². The number of hydrogen-bond donors (Lipinski definition) is 0. The summed E-state index contributed by atoms with van der Waals surface area (Å²) in [6, 6.07) is 8.67. The van der Waals surface area contributed by atoms with Crippen molar-refractivity contribution in [1.29, 1.82) is 0 Å². The molecule has 0 spiro atoms. The van der Waals surface area contributed by atoms with E-state index in [0.717, 1.165) is 0 Å². The lowest BCUT2D eigenvalue weighted by atomic mass is 10.1. The van der Waals surface area contributed by atoms with Crippen LogP contribution in [0, 0.1) is 6.92 Å². The second-order valence-corrected chi connectivity index (χ2v) is 3.92. The Morgan fingerprint density at radius 3 is 2.38 bits per heavy atom. The largest absolute Gasteiger partial charge is 0.371 e. The molecule has 0 saturated carbocycles. The number of hydrogen-bond acceptors (Lipinski definition) is 1. The quantitative estimate of drug-likeness (QED) is 0.638. The van der Waals surface area contributed by atoms with E-state index in [-0.39, 0.29) is 0 Å². The molecule has 0 radical (unpaired) electrons. The standard InChI is InChI=1S/C12H16O/c1-9-3-6-11(7-4-9)12-8-5-10(2)13-12/h3-4,6-7,10,12H,5,8H2,1-2H3/t10-,12+/m0/s1. The lowest BCUT2D eigenvalue weighted by molar-refractivity contribution is 0.0555. The van der Waals surface area contributed by atoms with Gasteiger partial charge in [0.05, 0.1) is 12.2 Å². The van der Waals surface area contributed by atoms with Gasteiger partial charge in [0, 0.05) is 0 Å². The molecule has 13 heavy (non-hydrogen) atoms. The summed E-state index contributed by atoms with van der Waals surface area (Å²) in [7, 11) is 0. The summed E-state index contributed by atoms with van der Waals surface area (Å²) >= 11 is 0. The lowest BCUT2D eigenvalue weighted by Crippen LogP contribution is -2.00. The first-order valence-corrected chi connectivity index (χ1v) is 4.98. The fourth-order valence-corrected chi connectivity index (χ4v) is 1.83. The van der Waals surface area contributed by atoms with Gasteiger partial charge in [0.1, 0.15) is 0 Å². The van der Waals surface area contributed by atoms with Gasteiger partial charge < -0.3 is 4.74 Å². The van der Waals surface area contributed by atoms with Crippen LogP contribution in [0.4, 0.5) is 0 Å². The smallest absolute Gasteiger partial charge is 0.0829 e. The number of rotatable bonds is 1. The van der Waals surface area contributed by atoms with Crippen LogP contribution in [0.1, 0.15) is 37.0 Å². The monoisotopic (exact) mass is 176 g/mol. The highest BCUT2D eigenvalue weighted by Gasteiger charge is 2.22. The van der Waals surface area contributed by atoms with Crippen molar-refractivity contribution in [3.63, 3.8) is 0 Å². The molecule has 0 aliphatic carbocycles. The Bertz CT molecular complexity index is 276. The summed E-state index contributed by atoms with van der Waals surface area (Å²) in [4.78, 5) is 0. The highest BCUT2D eigenvalue weighted by molar-refractivity contribution is 5.23. The summed E-state index contributed by atoms with van der Waals surface area (Å²) in [5.74, 6) is 0. The third-order valence-corrected chi connectivity index (χ3v) is 2.68. The van der Waals surface area contributed by atoms with Crippen molar-refractivity contribution < 1.29 is 4.74 Å². The summed E-state index contributed by atoms with van der Waals surface area (Å²) in [5, 5.41) is 0. The molecule has 1 aromatic rings. The fourth-order valence-electron chi connectivity index (χ4n) is 1.83. The van der Waals surface area contributed by atoms with Crippen molar-refractivity contribution in [2.24, 2.45) is 0 Å². The number of aryl methyl sites for hydroxylation is 1. The Morgan fingerprint density at radius 2 is 1.85 bits per heavy atom. The minimum Gasteiger partial charge on any atom is -0.371 e. The molecule has 1 saturated heterocycles. The SMILES string of the molecule is Cc1ccc([C@H]2CC[C@H](C)O2)cc1. The molecular weight excluding hydrogens is 160 g/mol. The van der Waals surface area contributed by atoms with Gasteiger partial charge in [0.15, 0.2) is 0 Å². The van der Waals surface area contributed by atoms with Crippen molar-refractivity contribution >= 4 is 0 Å². The molecule has 0 N–H and O–H groups in total. The molecule has 1 aliphatic rings. The summed E-state index contributed by atoms with van der Waals surface area (Å²) < 4.78 is 5.79. The van der Waals surface area contributed by atoms with Crippen LogP contribution >= 0.6 is 0 Å². The topological polar surface area (TPSA) is 9.23 Å². The molecule has 0 amide bonds. The van der Waals surface area contributed by atoms with Gasteiger partial charge in [-0.1, -0.05) is 29.8 Å². The molecule has 1 aliphatic heterocycles. The number of ether oxygens (including phenoxy) is 1.